The van der Waals surface area contributed by atoms with Gasteiger partial charge in [0.05, 0.1) is 0 Å². The molecule has 0 aromatic heterocycles. The molecule has 0 aliphatic rings. The van der Waals surface area contributed by atoms with Crippen LogP contribution in [0.5, 0.6) is 0 Å². The molecule has 0 heterocycles. The van der Waals surface area contributed by atoms with E-state index in [1.165, 1.54) is 89.9 Å². The second-order valence-corrected chi connectivity index (χ2v) is 6.99. The first kappa shape index (κ1) is 20.0. The smallest absolute Gasteiger partial charge is 0.0417 e. The molecule has 0 saturated carbocycles. The third-order valence-corrected chi connectivity index (χ3v) is 4.73. The van der Waals surface area contributed by atoms with Crippen LogP contribution < -0.4 is 0 Å². The molecule has 0 nitrogen and oxygen atoms in total. The Morgan fingerprint density at radius 3 is 1.30 bits per heavy atom. The Balaban J connectivity index is 3.03. The molecule has 0 saturated heterocycles. The van der Waals surface area contributed by atoms with Crippen LogP contribution in [0.15, 0.2) is 0 Å². The Hall–Kier alpha value is 0. The Morgan fingerprint density at radius 2 is 0.950 bits per heavy atom. The molecule has 20 heavy (non-hydrogen) atoms. The predicted molar refractivity (Wildman–Crippen MR) is 94.0 cm³/mol. The third kappa shape index (κ3) is 14.4. The fourth-order valence-electron chi connectivity index (χ4n) is 2.77. The van der Waals surface area contributed by atoms with Crippen molar-refractivity contribution in [3.8, 4) is 0 Å². The predicted octanol–water partition coefficient (Wildman–Crippen LogP) is 7.57. The van der Waals surface area contributed by atoms with Crippen LogP contribution in [0.4, 0.5) is 0 Å². The number of hydrogen-bond donors (Lipinski definition) is 0. The maximum atomic E-state index is 4.12. The van der Waals surface area contributed by atoms with Gasteiger partial charge >= 0.3 is 0 Å². The zero-order valence-corrected chi connectivity index (χ0v) is 14.8. The quantitative estimate of drug-likeness (QED) is 0.271. The molecular weight excluding hydrogens is 240 g/mol. The van der Waals surface area contributed by atoms with Crippen molar-refractivity contribution < 1.29 is 0 Å². The summed E-state index contributed by atoms with van der Waals surface area (Å²) < 4.78 is 0. The highest BCUT2D eigenvalue weighted by molar-refractivity contribution is 4.63. The fraction of sp³-hybridized carbons (Fsp3) is 0.950. The van der Waals surface area contributed by atoms with Gasteiger partial charge in [-0.25, -0.2) is 0 Å². The van der Waals surface area contributed by atoms with E-state index in [1.807, 2.05) is 0 Å². The first-order valence-electron chi connectivity index (χ1n) is 9.51. The van der Waals surface area contributed by atoms with Crippen LogP contribution in [0.2, 0.25) is 0 Å². The first-order valence-corrected chi connectivity index (χ1v) is 9.51. The van der Waals surface area contributed by atoms with Crippen molar-refractivity contribution in [3.63, 3.8) is 0 Å². The second-order valence-electron chi connectivity index (χ2n) is 6.99. The van der Waals surface area contributed by atoms with Gasteiger partial charge in [0, 0.05) is 0 Å². The summed E-state index contributed by atoms with van der Waals surface area (Å²) in [5.41, 5.74) is 0. The molecule has 0 aliphatic carbocycles. The van der Waals surface area contributed by atoms with E-state index in [2.05, 4.69) is 27.7 Å². The van der Waals surface area contributed by atoms with E-state index in [1.54, 1.807) is 0 Å². The molecular formula is C20H41. The molecule has 1 radical (unpaired) electrons. The van der Waals surface area contributed by atoms with E-state index in [-0.39, 0.29) is 0 Å². The molecule has 2 atom stereocenters. The molecule has 0 aromatic carbocycles. The molecule has 0 fully saturated rings. The normalized spacial score (nSPS) is 13.1. The molecule has 0 amide bonds. The van der Waals surface area contributed by atoms with Crippen LogP contribution in [0.25, 0.3) is 0 Å². The summed E-state index contributed by atoms with van der Waals surface area (Å²) in [5.74, 6) is 1.43. The standard InChI is InChI=1S/C20H41/c1-5-6-7-8-9-10-11-12-13-14-15-16-17-18-20(4)19(2)3/h19-20H,2,5-18H2,1,3-4H3. The van der Waals surface area contributed by atoms with Gasteiger partial charge in [0.15, 0.2) is 0 Å². The summed E-state index contributed by atoms with van der Waals surface area (Å²) in [6, 6.07) is 0. The lowest BCUT2D eigenvalue weighted by atomic mass is 9.92. The zero-order chi connectivity index (χ0) is 15.1. The molecule has 0 rings (SSSR count). The van der Waals surface area contributed by atoms with Crippen molar-refractivity contribution in [2.24, 2.45) is 11.8 Å². The zero-order valence-electron chi connectivity index (χ0n) is 14.8. The van der Waals surface area contributed by atoms with E-state index < -0.39 is 0 Å². The average molecular weight is 282 g/mol. The maximum Gasteiger partial charge on any atom is -0.0417 e. The highest BCUT2D eigenvalue weighted by Gasteiger charge is 2.05. The van der Waals surface area contributed by atoms with Gasteiger partial charge in [-0.15, -0.1) is 0 Å². The first-order chi connectivity index (χ1) is 9.68. The fourth-order valence-corrected chi connectivity index (χ4v) is 2.77. The van der Waals surface area contributed by atoms with Gasteiger partial charge < -0.3 is 0 Å². The molecule has 0 aliphatic heterocycles. The lowest BCUT2D eigenvalue weighted by Crippen LogP contribution is -2.03. The van der Waals surface area contributed by atoms with E-state index in [9.17, 15) is 0 Å². The summed E-state index contributed by atoms with van der Waals surface area (Å²) in [5, 5.41) is 0. The van der Waals surface area contributed by atoms with Crippen LogP contribution in [0, 0.1) is 18.8 Å². The van der Waals surface area contributed by atoms with Crippen molar-refractivity contribution in [2.75, 3.05) is 0 Å². The highest BCUT2D eigenvalue weighted by Crippen LogP contribution is 2.18. The van der Waals surface area contributed by atoms with Gasteiger partial charge in [-0.1, -0.05) is 118 Å². The van der Waals surface area contributed by atoms with Crippen molar-refractivity contribution in [3.05, 3.63) is 6.92 Å². The summed E-state index contributed by atoms with van der Waals surface area (Å²) >= 11 is 0. The van der Waals surface area contributed by atoms with Gasteiger partial charge in [-0.2, -0.15) is 0 Å². The van der Waals surface area contributed by atoms with E-state index in [0.29, 0.717) is 5.92 Å². The summed E-state index contributed by atoms with van der Waals surface area (Å²) in [6.45, 7) is 11.0. The monoisotopic (exact) mass is 281 g/mol. The summed E-state index contributed by atoms with van der Waals surface area (Å²) in [7, 11) is 0. The minimum atomic E-state index is 0.618. The topological polar surface area (TPSA) is 0 Å². The van der Waals surface area contributed by atoms with E-state index in [4.69, 9.17) is 0 Å². The van der Waals surface area contributed by atoms with Crippen LogP contribution >= 0.6 is 0 Å². The maximum absolute atomic E-state index is 4.12. The summed E-state index contributed by atoms with van der Waals surface area (Å²) in [6.07, 6.45) is 20.2. The number of unbranched alkanes of at least 4 members (excludes halogenated alkanes) is 12. The van der Waals surface area contributed by atoms with Crippen molar-refractivity contribution >= 4 is 0 Å². The average Bonchev–Trinajstić information content (AvgIpc) is 2.43. The molecule has 0 heteroatoms. The van der Waals surface area contributed by atoms with Crippen molar-refractivity contribution in [1.82, 2.24) is 0 Å². The SMILES string of the molecule is [CH2]C(C)C(C)CCCCCCCCCCCCCCC. The Labute approximate surface area is 130 Å². The molecule has 0 aromatic rings. The van der Waals surface area contributed by atoms with Crippen LogP contribution in [0.1, 0.15) is 111 Å². The van der Waals surface area contributed by atoms with E-state index >= 15 is 0 Å². The van der Waals surface area contributed by atoms with E-state index in [0.717, 1.165) is 5.92 Å². The lowest BCUT2D eigenvalue weighted by molar-refractivity contribution is 0.402. The number of rotatable bonds is 15. The molecule has 0 N–H and O–H groups in total. The third-order valence-electron chi connectivity index (χ3n) is 4.73. The van der Waals surface area contributed by atoms with Crippen LogP contribution in [0.3, 0.4) is 0 Å². The minimum Gasteiger partial charge on any atom is -0.0654 e. The number of hydrogen-bond acceptors (Lipinski definition) is 0. The van der Waals surface area contributed by atoms with Gasteiger partial charge in [-0.3, -0.25) is 0 Å². The molecule has 0 bridgehead atoms. The molecule has 121 valence electrons. The van der Waals surface area contributed by atoms with Gasteiger partial charge in [0.2, 0.25) is 0 Å². The Bertz CT molecular complexity index is 171. The minimum absolute atomic E-state index is 0.618. The second kappa shape index (κ2) is 15.4. The highest BCUT2D eigenvalue weighted by atomic mass is 14.1. The van der Waals surface area contributed by atoms with Crippen molar-refractivity contribution in [1.29, 1.82) is 0 Å². The van der Waals surface area contributed by atoms with Crippen LogP contribution in [-0.4, -0.2) is 0 Å². The lowest BCUT2D eigenvalue weighted by Gasteiger charge is -2.14. The van der Waals surface area contributed by atoms with Gasteiger partial charge in [0.25, 0.3) is 0 Å². The summed E-state index contributed by atoms with van der Waals surface area (Å²) in [4.78, 5) is 0. The Kier molecular flexibility index (Phi) is 15.4. The van der Waals surface area contributed by atoms with Crippen LogP contribution in [-0.2, 0) is 0 Å². The largest absolute Gasteiger partial charge is 0.0654 e. The molecule has 0 spiro atoms. The Morgan fingerprint density at radius 1 is 0.600 bits per heavy atom. The van der Waals surface area contributed by atoms with Gasteiger partial charge in [-0.05, 0) is 11.8 Å². The van der Waals surface area contributed by atoms with Crippen molar-refractivity contribution in [2.45, 2.75) is 111 Å². The van der Waals surface area contributed by atoms with Gasteiger partial charge in [0.1, 0.15) is 0 Å². The molecule has 2 unspecified atom stereocenters.